The van der Waals surface area contributed by atoms with Crippen LogP contribution >= 0.6 is 15.9 Å². The summed E-state index contributed by atoms with van der Waals surface area (Å²) in [4.78, 5) is 13.0. The van der Waals surface area contributed by atoms with Gasteiger partial charge >= 0.3 is 0 Å². The molecule has 6 heteroatoms. The molecule has 1 N–H and O–H groups in total. The van der Waals surface area contributed by atoms with Gasteiger partial charge in [-0.25, -0.2) is 0 Å². The number of carbonyl (C=O) groups is 1. The van der Waals surface area contributed by atoms with Crippen LogP contribution in [0.25, 0.3) is 11.0 Å². The lowest BCUT2D eigenvalue weighted by molar-refractivity contribution is 0.0924. The summed E-state index contributed by atoms with van der Waals surface area (Å²) in [6, 6.07) is 11.2. The summed E-state index contributed by atoms with van der Waals surface area (Å²) in [6.45, 7) is 2.37. The number of ether oxygens (including phenoxy) is 2. The zero-order valence-electron chi connectivity index (χ0n) is 14.5. The Bertz CT molecular complexity index is 995. The monoisotopic (exact) mass is 415 g/mol. The molecule has 2 aromatic carbocycles. The van der Waals surface area contributed by atoms with Crippen LogP contribution in [-0.4, -0.2) is 19.6 Å². The molecular weight excluding hydrogens is 398 g/mol. The van der Waals surface area contributed by atoms with Gasteiger partial charge < -0.3 is 19.2 Å². The minimum absolute atomic E-state index is 0.112. The van der Waals surface area contributed by atoms with Crippen LogP contribution in [0.3, 0.4) is 0 Å². The average molecular weight is 416 g/mol. The number of amides is 1. The summed E-state index contributed by atoms with van der Waals surface area (Å²) in [7, 11) is 1.60. The number of carbonyl (C=O) groups excluding carboxylic acids is 1. The van der Waals surface area contributed by atoms with E-state index in [9.17, 15) is 4.79 Å². The quantitative estimate of drug-likeness (QED) is 0.669. The van der Waals surface area contributed by atoms with Crippen molar-refractivity contribution < 1.29 is 18.7 Å². The molecule has 134 valence electrons. The first-order valence-electron chi connectivity index (χ1n) is 8.37. The van der Waals surface area contributed by atoms with Crippen molar-refractivity contribution >= 4 is 32.8 Å². The first kappa shape index (κ1) is 17.0. The molecule has 1 aliphatic heterocycles. The highest BCUT2D eigenvalue weighted by molar-refractivity contribution is 9.10. The maximum absolute atomic E-state index is 13.0. The maximum atomic E-state index is 13.0. The van der Waals surface area contributed by atoms with Crippen LogP contribution < -0.4 is 14.8 Å². The Morgan fingerprint density at radius 1 is 1.27 bits per heavy atom. The number of methoxy groups -OCH3 is 1. The molecular formula is C20H18BrNO4. The van der Waals surface area contributed by atoms with Gasteiger partial charge in [0.25, 0.3) is 5.91 Å². The van der Waals surface area contributed by atoms with Gasteiger partial charge in [0, 0.05) is 21.8 Å². The van der Waals surface area contributed by atoms with E-state index in [1.54, 1.807) is 14.0 Å². The van der Waals surface area contributed by atoms with E-state index >= 15 is 0 Å². The second-order valence-electron chi connectivity index (χ2n) is 6.24. The molecule has 1 atom stereocenters. The number of nitrogens with one attached hydrogen (secondary N) is 1. The van der Waals surface area contributed by atoms with Crippen molar-refractivity contribution in [1.82, 2.24) is 5.32 Å². The van der Waals surface area contributed by atoms with Crippen molar-refractivity contribution in [2.45, 2.75) is 19.4 Å². The fraction of sp³-hybridized carbons (Fsp3) is 0.250. The number of aryl methyl sites for hydroxylation is 1. The summed E-state index contributed by atoms with van der Waals surface area (Å²) < 4.78 is 17.7. The molecule has 3 aromatic rings. The Kier molecular flexibility index (Phi) is 4.36. The van der Waals surface area contributed by atoms with Gasteiger partial charge in [0.1, 0.15) is 22.8 Å². The fourth-order valence-corrected chi connectivity index (χ4v) is 3.73. The van der Waals surface area contributed by atoms with Crippen molar-refractivity contribution in [3.63, 3.8) is 0 Å². The van der Waals surface area contributed by atoms with Gasteiger partial charge in [-0.15, -0.1) is 0 Å². The average Bonchev–Trinajstić information content (AvgIpc) is 2.97. The van der Waals surface area contributed by atoms with Crippen molar-refractivity contribution in [1.29, 1.82) is 0 Å². The van der Waals surface area contributed by atoms with E-state index in [2.05, 4.69) is 21.2 Å². The van der Waals surface area contributed by atoms with Gasteiger partial charge in [-0.2, -0.15) is 0 Å². The number of benzene rings is 2. The molecule has 0 spiro atoms. The van der Waals surface area contributed by atoms with E-state index in [0.717, 1.165) is 21.2 Å². The number of hydrogen-bond donors (Lipinski definition) is 1. The van der Waals surface area contributed by atoms with Crippen LogP contribution in [0.5, 0.6) is 11.5 Å². The van der Waals surface area contributed by atoms with Gasteiger partial charge in [-0.1, -0.05) is 15.9 Å². The van der Waals surface area contributed by atoms with Crippen LogP contribution in [-0.2, 0) is 0 Å². The molecule has 0 bridgehead atoms. The fourth-order valence-electron chi connectivity index (χ4n) is 3.35. The highest BCUT2D eigenvalue weighted by atomic mass is 79.9. The third-order valence-corrected chi connectivity index (χ3v) is 5.11. The SMILES string of the molecule is COc1ccc2oc(C)c(C(=O)NC3CCOc4ccc(Br)cc43)c2c1. The molecule has 0 fully saturated rings. The van der Waals surface area contributed by atoms with Crippen LogP contribution in [0.15, 0.2) is 45.3 Å². The molecule has 4 rings (SSSR count). The van der Waals surface area contributed by atoms with Gasteiger partial charge in [-0.05, 0) is 43.3 Å². The topological polar surface area (TPSA) is 60.7 Å². The summed E-state index contributed by atoms with van der Waals surface area (Å²) >= 11 is 3.49. The summed E-state index contributed by atoms with van der Waals surface area (Å²) in [5, 5.41) is 3.89. The Morgan fingerprint density at radius 2 is 2.12 bits per heavy atom. The van der Waals surface area contributed by atoms with Crippen LogP contribution in [0.2, 0.25) is 0 Å². The van der Waals surface area contributed by atoms with E-state index in [-0.39, 0.29) is 11.9 Å². The van der Waals surface area contributed by atoms with Crippen LogP contribution in [0.4, 0.5) is 0 Å². The third-order valence-electron chi connectivity index (χ3n) is 4.61. The van der Waals surface area contributed by atoms with Crippen LogP contribution in [0.1, 0.15) is 34.1 Å². The summed E-state index contributed by atoms with van der Waals surface area (Å²) in [5.74, 6) is 1.92. The van der Waals surface area contributed by atoms with Crippen molar-refractivity contribution in [2.75, 3.05) is 13.7 Å². The molecule has 0 saturated heterocycles. The molecule has 0 radical (unpaired) electrons. The van der Waals surface area contributed by atoms with Gasteiger partial charge in [-0.3, -0.25) is 4.79 Å². The summed E-state index contributed by atoms with van der Waals surface area (Å²) in [5.41, 5.74) is 2.19. The van der Waals surface area contributed by atoms with Crippen molar-refractivity contribution in [3.05, 3.63) is 57.8 Å². The standard InChI is InChI=1S/C20H18BrNO4/c1-11-19(15-10-13(24-2)4-6-18(15)26-11)20(23)22-16-7-8-25-17-5-3-12(21)9-14(16)17/h3-6,9-10,16H,7-8H2,1-2H3,(H,22,23). The number of rotatable bonds is 3. The number of hydrogen-bond acceptors (Lipinski definition) is 4. The molecule has 0 aliphatic carbocycles. The Hall–Kier alpha value is -2.47. The largest absolute Gasteiger partial charge is 0.497 e. The lowest BCUT2D eigenvalue weighted by atomic mass is 10.00. The van der Waals surface area contributed by atoms with E-state index in [4.69, 9.17) is 13.9 Å². The van der Waals surface area contributed by atoms with E-state index < -0.39 is 0 Å². The van der Waals surface area contributed by atoms with E-state index in [0.29, 0.717) is 35.7 Å². The highest BCUT2D eigenvalue weighted by Crippen LogP contribution is 2.35. The zero-order valence-corrected chi connectivity index (χ0v) is 16.1. The first-order valence-corrected chi connectivity index (χ1v) is 9.16. The molecule has 5 nitrogen and oxygen atoms in total. The normalized spacial score (nSPS) is 16.0. The van der Waals surface area contributed by atoms with Crippen molar-refractivity contribution in [3.8, 4) is 11.5 Å². The minimum Gasteiger partial charge on any atom is -0.497 e. The van der Waals surface area contributed by atoms with E-state index in [1.165, 1.54) is 0 Å². The number of fused-ring (bicyclic) bond motifs is 2. The molecule has 1 unspecified atom stereocenters. The Labute approximate surface area is 159 Å². The van der Waals surface area contributed by atoms with E-state index in [1.807, 2.05) is 36.4 Å². The van der Waals surface area contributed by atoms with Crippen molar-refractivity contribution in [2.24, 2.45) is 0 Å². The summed E-state index contributed by atoms with van der Waals surface area (Å²) in [6.07, 6.45) is 0.716. The zero-order chi connectivity index (χ0) is 18.3. The lowest BCUT2D eigenvalue weighted by Crippen LogP contribution is -2.32. The molecule has 0 saturated carbocycles. The molecule has 2 heterocycles. The molecule has 1 amide bonds. The number of halogens is 1. The molecule has 26 heavy (non-hydrogen) atoms. The molecule has 1 aliphatic rings. The van der Waals surface area contributed by atoms with Crippen LogP contribution in [0, 0.1) is 6.92 Å². The van der Waals surface area contributed by atoms with Gasteiger partial charge in [0.15, 0.2) is 0 Å². The molecule has 1 aromatic heterocycles. The second-order valence-corrected chi connectivity index (χ2v) is 7.16. The van der Waals surface area contributed by atoms with Gasteiger partial charge in [0.05, 0.1) is 25.3 Å². The number of furan rings is 1. The van der Waals surface area contributed by atoms with Gasteiger partial charge in [0.2, 0.25) is 0 Å². The smallest absolute Gasteiger partial charge is 0.255 e. The minimum atomic E-state index is -0.160. The maximum Gasteiger partial charge on any atom is 0.255 e. The predicted octanol–water partition coefficient (Wildman–Crippen LogP) is 4.77. The lowest BCUT2D eigenvalue weighted by Gasteiger charge is -2.27. The third kappa shape index (κ3) is 2.94. The predicted molar refractivity (Wildman–Crippen MR) is 102 cm³/mol. The Balaban J connectivity index is 1.69. The Morgan fingerprint density at radius 3 is 2.92 bits per heavy atom. The highest BCUT2D eigenvalue weighted by Gasteiger charge is 2.26. The second kappa shape index (κ2) is 6.68. The first-order chi connectivity index (χ1) is 12.6.